The van der Waals surface area contributed by atoms with Gasteiger partial charge in [0.05, 0.1) is 12.2 Å². The lowest BCUT2D eigenvalue weighted by atomic mass is 10.2. The number of fused-ring (bicyclic) bond motifs is 1. The van der Waals surface area contributed by atoms with E-state index in [0.717, 1.165) is 12.1 Å². The van der Waals surface area contributed by atoms with Gasteiger partial charge >= 0.3 is 6.09 Å². The molecule has 0 unspecified atom stereocenters. The normalized spacial score (nSPS) is 11.7. The molecule has 0 fully saturated rings. The third kappa shape index (κ3) is 18.2. The van der Waals surface area contributed by atoms with Gasteiger partial charge in [-0.05, 0) is 50.0 Å². The van der Waals surface area contributed by atoms with Crippen LogP contribution in [-0.2, 0) is 22.6 Å². The van der Waals surface area contributed by atoms with E-state index >= 15 is 0 Å². The van der Waals surface area contributed by atoms with Crippen molar-refractivity contribution in [3.05, 3.63) is 16.1 Å². The van der Waals surface area contributed by atoms with E-state index < -0.39 is 5.60 Å². The number of ether oxygens (including phenoxy) is 1. The molecule has 2 N–H and O–H groups in total. The van der Waals surface area contributed by atoms with E-state index in [2.05, 4.69) is 59.2 Å². The summed E-state index contributed by atoms with van der Waals surface area (Å²) >= 11 is 3.40. The van der Waals surface area contributed by atoms with Gasteiger partial charge in [-0.1, -0.05) is 67.7 Å². The van der Waals surface area contributed by atoms with Crippen molar-refractivity contribution in [2.75, 3.05) is 20.1 Å². The van der Waals surface area contributed by atoms with Crippen molar-refractivity contribution in [3.8, 4) is 0 Å². The van der Waals surface area contributed by atoms with Crippen LogP contribution in [0.15, 0.2) is 4.73 Å². The van der Waals surface area contributed by atoms with Crippen LogP contribution < -0.4 is 10.6 Å². The van der Waals surface area contributed by atoms with Crippen molar-refractivity contribution >= 4 is 33.8 Å². The third-order valence-corrected chi connectivity index (χ3v) is 5.09. The van der Waals surface area contributed by atoms with Gasteiger partial charge in [0.25, 0.3) is 5.91 Å². The number of nitrogens with zero attached hydrogens (tertiary/aromatic N) is 3. The summed E-state index contributed by atoms with van der Waals surface area (Å²) in [6, 6.07) is 0. The van der Waals surface area contributed by atoms with Gasteiger partial charge in [0.1, 0.15) is 5.60 Å². The lowest BCUT2D eigenvalue weighted by molar-refractivity contribution is -0.120. The highest BCUT2D eigenvalue weighted by Crippen LogP contribution is 2.23. The second-order valence-electron chi connectivity index (χ2n) is 9.18. The molecule has 1 aliphatic rings. The van der Waals surface area contributed by atoms with E-state index in [0.29, 0.717) is 43.0 Å². The lowest BCUT2D eigenvalue weighted by Gasteiger charge is -2.26. The number of hydrogen-bond donors (Lipinski definition) is 2. The predicted molar refractivity (Wildman–Crippen MR) is 161 cm³/mol. The van der Waals surface area contributed by atoms with E-state index in [1.807, 2.05) is 53.0 Å². The van der Waals surface area contributed by atoms with Gasteiger partial charge in [-0.2, -0.15) is 0 Å². The Morgan fingerprint density at radius 3 is 1.89 bits per heavy atom. The van der Waals surface area contributed by atoms with E-state index in [9.17, 15) is 14.4 Å². The number of rotatable bonds is 4. The van der Waals surface area contributed by atoms with E-state index in [1.165, 1.54) is 19.3 Å². The van der Waals surface area contributed by atoms with Crippen LogP contribution in [0.4, 0.5) is 4.79 Å². The minimum atomic E-state index is -0.549. The molecule has 0 saturated carbocycles. The first-order chi connectivity index (χ1) is 17.9. The average molecular weight is 607 g/mol. The highest BCUT2D eigenvalue weighted by molar-refractivity contribution is 9.10. The third-order valence-electron chi connectivity index (χ3n) is 4.48. The summed E-state index contributed by atoms with van der Waals surface area (Å²) in [6.07, 6.45) is 4.87. The van der Waals surface area contributed by atoms with E-state index in [-0.39, 0.29) is 17.9 Å². The van der Waals surface area contributed by atoms with Gasteiger partial charge in [0.15, 0.2) is 10.4 Å². The number of amides is 3. The lowest BCUT2D eigenvalue weighted by Crippen LogP contribution is -2.37. The van der Waals surface area contributed by atoms with Gasteiger partial charge < -0.3 is 24.8 Å². The van der Waals surface area contributed by atoms with Gasteiger partial charge in [-0.25, -0.2) is 9.78 Å². The molecular formula is C28H56BrN5O4. The largest absolute Gasteiger partial charge is 0.444 e. The Kier molecular flexibility index (Phi) is 25.5. The number of imidazole rings is 1. The maximum atomic E-state index is 12.4. The summed E-state index contributed by atoms with van der Waals surface area (Å²) in [5.41, 5.74) is 0.535. The zero-order chi connectivity index (χ0) is 30.3. The summed E-state index contributed by atoms with van der Waals surface area (Å²) in [5.74, 6) is -0.136. The second-order valence-corrected chi connectivity index (χ2v) is 9.89. The molecule has 10 heteroatoms. The molecule has 9 nitrogen and oxygen atoms in total. The Labute approximate surface area is 241 Å². The number of carbonyl (C=O) groups excluding carboxylic acids is 3. The SMILES string of the molecule is CC.CCC.CCC(=O)NC.CCCC.CCNC(=O)c1nc(Br)n2c1CN(C(=O)OC(C)(C)C)CCC2. The first kappa shape index (κ1) is 40.4. The van der Waals surface area contributed by atoms with Crippen LogP contribution in [0.25, 0.3) is 0 Å². The molecule has 2 rings (SSSR count). The van der Waals surface area contributed by atoms with Crippen LogP contribution in [0, 0.1) is 0 Å². The molecule has 0 radical (unpaired) electrons. The predicted octanol–water partition coefficient (Wildman–Crippen LogP) is 6.93. The molecular weight excluding hydrogens is 550 g/mol. The molecule has 224 valence electrons. The van der Waals surface area contributed by atoms with E-state index in [4.69, 9.17) is 4.74 Å². The van der Waals surface area contributed by atoms with Crippen LogP contribution in [0.3, 0.4) is 0 Å². The fourth-order valence-electron chi connectivity index (χ4n) is 2.61. The number of nitrogens with one attached hydrogen (secondary N) is 2. The molecule has 2 heterocycles. The van der Waals surface area contributed by atoms with Gasteiger partial charge in [0.2, 0.25) is 5.91 Å². The number of hydrogen-bond acceptors (Lipinski definition) is 5. The quantitative estimate of drug-likeness (QED) is 0.387. The first-order valence-corrected chi connectivity index (χ1v) is 14.9. The Bertz CT molecular complexity index is 768. The summed E-state index contributed by atoms with van der Waals surface area (Å²) in [5, 5.41) is 5.23. The number of aromatic nitrogens is 2. The highest BCUT2D eigenvalue weighted by Gasteiger charge is 2.29. The molecule has 1 aromatic rings. The van der Waals surface area contributed by atoms with Crippen LogP contribution in [0.5, 0.6) is 0 Å². The van der Waals surface area contributed by atoms with Crippen molar-refractivity contribution in [1.29, 1.82) is 0 Å². The summed E-state index contributed by atoms with van der Waals surface area (Å²) in [4.78, 5) is 40.6. The number of halogens is 1. The van der Waals surface area contributed by atoms with Crippen LogP contribution >= 0.6 is 15.9 Å². The van der Waals surface area contributed by atoms with Crippen molar-refractivity contribution < 1.29 is 19.1 Å². The van der Waals surface area contributed by atoms with Crippen LogP contribution in [0.1, 0.15) is 124 Å². The van der Waals surface area contributed by atoms with Crippen molar-refractivity contribution in [2.45, 2.75) is 127 Å². The molecule has 0 spiro atoms. The van der Waals surface area contributed by atoms with Crippen molar-refractivity contribution in [3.63, 3.8) is 0 Å². The monoisotopic (exact) mass is 605 g/mol. The number of carbonyl (C=O) groups is 3. The number of unbranched alkanes of at least 4 members (excludes halogenated alkanes) is 1. The molecule has 38 heavy (non-hydrogen) atoms. The summed E-state index contributed by atoms with van der Waals surface area (Å²) in [7, 11) is 1.63. The standard InChI is InChI=1S/C15H23BrN4O3.C4H9NO.C4H10.C3H8.C2H6/c1-5-17-12(21)11-10-9-19(14(22)23-15(2,3)4)7-6-8-20(10)13(16)18-11;1-3-4(6)5-2;1-3-4-2;1-3-2;1-2/h5-9H2,1-4H3,(H,17,21);3H2,1-2H3,(H,5,6);3-4H2,1-2H3;3H2,1-2H3;1-2H3. The maximum absolute atomic E-state index is 12.4. The molecule has 0 aliphatic carbocycles. The Hall–Kier alpha value is -2.10. The van der Waals surface area contributed by atoms with E-state index in [1.54, 1.807) is 11.9 Å². The minimum absolute atomic E-state index is 0.0926. The van der Waals surface area contributed by atoms with Crippen LogP contribution in [0.2, 0.25) is 0 Å². The Morgan fingerprint density at radius 2 is 1.53 bits per heavy atom. The molecule has 3 amide bonds. The average Bonchev–Trinajstić information content (AvgIpc) is 3.04. The zero-order valence-corrected chi connectivity index (χ0v) is 27.8. The highest BCUT2D eigenvalue weighted by atomic mass is 79.9. The molecule has 0 bridgehead atoms. The fourth-order valence-corrected chi connectivity index (χ4v) is 3.18. The zero-order valence-electron chi connectivity index (χ0n) is 26.2. The molecule has 1 aromatic heterocycles. The second kappa shape index (κ2) is 24.0. The fraction of sp³-hybridized carbons (Fsp3) is 0.786. The smallest absolute Gasteiger partial charge is 0.410 e. The Morgan fingerprint density at radius 1 is 1.00 bits per heavy atom. The topological polar surface area (TPSA) is 106 Å². The first-order valence-electron chi connectivity index (χ1n) is 14.1. The van der Waals surface area contributed by atoms with Gasteiger partial charge in [-0.15, -0.1) is 0 Å². The maximum Gasteiger partial charge on any atom is 0.410 e. The van der Waals surface area contributed by atoms with Gasteiger partial charge in [-0.3, -0.25) is 9.59 Å². The Balaban J connectivity index is -0.000000675. The van der Waals surface area contributed by atoms with Crippen molar-refractivity contribution in [2.24, 2.45) is 0 Å². The van der Waals surface area contributed by atoms with Crippen molar-refractivity contribution in [1.82, 2.24) is 25.1 Å². The van der Waals surface area contributed by atoms with Crippen LogP contribution in [-0.4, -0.2) is 58.1 Å². The van der Waals surface area contributed by atoms with Gasteiger partial charge in [0, 0.05) is 33.1 Å². The molecule has 0 aromatic carbocycles. The summed E-state index contributed by atoms with van der Waals surface area (Å²) < 4.78 is 8.00. The molecule has 0 saturated heterocycles. The molecule has 0 atom stereocenters. The minimum Gasteiger partial charge on any atom is -0.444 e. The molecule has 1 aliphatic heterocycles. The summed E-state index contributed by atoms with van der Waals surface area (Å²) in [6.45, 7) is 23.9.